The van der Waals surface area contributed by atoms with E-state index in [2.05, 4.69) is 25.2 Å². The summed E-state index contributed by atoms with van der Waals surface area (Å²) in [7, 11) is 1.87. The molecule has 3 aromatic rings. The highest BCUT2D eigenvalue weighted by atomic mass is 32.2. The van der Waals surface area contributed by atoms with Gasteiger partial charge in [0.15, 0.2) is 5.16 Å². The minimum atomic E-state index is -0.322. The second-order valence-electron chi connectivity index (χ2n) is 7.20. The van der Waals surface area contributed by atoms with Crippen molar-refractivity contribution in [2.24, 2.45) is 7.05 Å². The summed E-state index contributed by atoms with van der Waals surface area (Å²) in [6, 6.07) is 10.1. The third-order valence-corrected chi connectivity index (χ3v) is 6.07. The Bertz CT molecular complexity index is 1010. The predicted octanol–water partition coefficient (Wildman–Crippen LogP) is 3.61. The van der Waals surface area contributed by atoms with Crippen LogP contribution in [0.4, 0.5) is 5.69 Å². The Labute approximate surface area is 168 Å². The van der Waals surface area contributed by atoms with Gasteiger partial charge >= 0.3 is 0 Å². The van der Waals surface area contributed by atoms with Crippen LogP contribution in [-0.4, -0.2) is 35.7 Å². The van der Waals surface area contributed by atoms with E-state index in [1.165, 1.54) is 11.8 Å². The van der Waals surface area contributed by atoms with Crippen molar-refractivity contribution in [2.75, 3.05) is 5.32 Å². The van der Waals surface area contributed by atoms with E-state index in [4.69, 9.17) is 0 Å². The third kappa shape index (κ3) is 3.56. The summed E-state index contributed by atoms with van der Waals surface area (Å²) in [6.07, 6.45) is 2.29. The zero-order chi connectivity index (χ0) is 19.8. The Morgan fingerprint density at radius 1 is 1.21 bits per heavy atom. The Hall–Kier alpha value is -2.61. The summed E-state index contributed by atoms with van der Waals surface area (Å²) < 4.78 is 3.86. The number of nitrogens with zero attached hydrogens (tertiary/aromatic N) is 5. The average Bonchev–Trinajstić information content (AvgIpc) is 3.41. The molecule has 1 aliphatic rings. The molecule has 2 aromatic heterocycles. The van der Waals surface area contributed by atoms with E-state index in [1.54, 1.807) is 4.68 Å². The summed E-state index contributed by atoms with van der Waals surface area (Å²) in [4.78, 5) is 12.8. The minimum Gasteiger partial charge on any atom is -0.322 e. The van der Waals surface area contributed by atoms with E-state index in [9.17, 15) is 4.79 Å². The lowest BCUT2D eigenvalue weighted by Gasteiger charge is -2.14. The third-order valence-electron chi connectivity index (χ3n) is 5.02. The molecule has 28 heavy (non-hydrogen) atoms. The molecule has 1 fully saturated rings. The van der Waals surface area contributed by atoms with Gasteiger partial charge < -0.3 is 5.32 Å². The first kappa shape index (κ1) is 18.7. The fourth-order valence-corrected chi connectivity index (χ4v) is 4.05. The molecule has 1 unspecified atom stereocenters. The molecular weight excluding hydrogens is 372 g/mol. The number of benzene rings is 1. The van der Waals surface area contributed by atoms with E-state index in [0.29, 0.717) is 5.92 Å². The van der Waals surface area contributed by atoms with E-state index in [0.717, 1.165) is 46.6 Å². The van der Waals surface area contributed by atoms with Crippen LogP contribution in [0.25, 0.3) is 5.69 Å². The van der Waals surface area contributed by atoms with Crippen LogP contribution >= 0.6 is 11.8 Å². The first-order valence-corrected chi connectivity index (χ1v) is 10.3. The largest absolute Gasteiger partial charge is 0.322 e. The maximum absolute atomic E-state index is 12.8. The Balaban J connectivity index is 1.56. The normalized spacial score (nSPS) is 14.9. The van der Waals surface area contributed by atoms with Crippen molar-refractivity contribution in [3.8, 4) is 5.69 Å². The highest BCUT2D eigenvalue weighted by molar-refractivity contribution is 8.00. The number of thioether (sulfide) groups is 1. The van der Waals surface area contributed by atoms with E-state index < -0.39 is 0 Å². The summed E-state index contributed by atoms with van der Waals surface area (Å²) in [5.41, 5.74) is 3.56. The lowest BCUT2D eigenvalue weighted by atomic mass is 10.3. The number of carbonyl (C=O) groups is 1. The molecule has 0 radical (unpaired) electrons. The molecule has 1 saturated carbocycles. The summed E-state index contributed by atoms with van der Waals surface area (Å²) in [5, 5.41) is 16.6. The summed E-state index contributed by atoms with van der Waals surface area (Å²) >= 11 is 1.43. The molecular formula is C20H24N6OS. The van der Waals surface area contributed by atoms with Crippen LogP contribution in [-0.2, 0) is 11.8 Å². The van der Waals surface area contributed by atoms with Crippen molar-refractivity contribution in [2.45, 2.75) is 49.9 Å². The molecule has 0 bridgehead atoms. The number of anilines is 1. The fraction of sp³-hybridized carbons (Fsp3) is 0.400. The zero-order valence-corrected chi connectivity index (χ0v) is 17.3. The topological polar surface area (TPSA) is 77.6 Å². The van der Waals surface area contributed by atoms with Crippen LogP contribution < -0.4 is 5.32 Å². The first-order chi connectivity index (χ1) is 13.5. The number of nitrogens with one attached hydrogen (secondary N) is 1. The summed E-state index contributed by atoms with van der Waals surface area (Å²) in [6.45, 7) is 5.73. The lowest BCUT2D eigenvalue weighted by Crippen LogP contribution is -2.23. The van der Waals surface area contributed by atoms with Gasteiger partial charge in [0.2, 0.25) is 5.91 Å². The van der Waals surface area contributed by atoms with Crippen LogP contribution in [0.5, 0.6) is 0 Å². The zero-order valence-electron chi connectivity index (χ0n) is 16.5. The van der Waals surface area contributed by atoms with Gasteiger partial charge in [0.05, 0.1) is 22.3 Å². The van der Waals surface area contributed by atoms with Crippen molar-refractivity contribution >= 4 is 23.4 Å². The number of rotatable bonds is 6. The molecule has 1 atom stereocenters. The van der Waals surface area contributed by atoms with Crippen LogP contribution in [0.2, 0.25) is 0 Å². The Morgan fingerprint density at radius 2 is 1.93 bits per heavy atom. The minimum absolute atomic E-state index is 0.0696. The second-order valence-corrected chi connectivity index (χ2v) is 8.51. The smallest absolute Gasteiger partial charge is 0.237 e. The molecule has 0 aliphatic heterocycles. The van der Waals surface area contributed by atoms with Gasteiger partial charge in [-0.05, 0) is 45.7 Å². The van der Waals surface area contributed by atoms with Gasteiger partial charge in [-0.25, -0.2) is 0 Å². The Morgan fingerprint density at radius 3 is 2.54 bits per heavy atom. The van der Waals surface area contributed by atoms with Crippen molar-refractivity contribution in [3.05, 3.63) is 47.5 Å². The molecule has 1 N–H and O–H groups in total. The van der Waals surface area contributed by atoms with Crippen LogP contribution in [0.3, 0.4) is 0 Å². The highest BCUT2D eigenvalue weighted by Gasteiger charge is 2.32. The molecule has 0 spiro atoms. The molecule has 0 saturated heterocycles. The molecule has 8 heteroatoms. The molecule has 1 aliphatic carbocycles. The second kappa shape index (κ2) is 7.43. The highest BCUT2D eigenvalue weighted by Crippen LogP contribution is 2.41. The van der Waals surface area contributed by atoms with Crippen LogP contribution in [0.1, 0.15) is 42.9 Å². The van der Waals surface area contributed by atoms with Gasteiger partial charge in [0, 0.05) is 18.7 Å². The maximum Gasteiger partial charge on any atom is 0.237 e. The van der Waals surface area contributed by atoms with Gasteiger partial charge in [0.25, 0.3) is 0 Å². The molecule has 4 rings (SSSR count). The number of hydrogen-bond acceptors (Lipinski definition) is 5. The van der Waals surface area contributed by atoms with Gasteiger partial charge in [-0.1, -0.05) is 30.0 Å². The van der Waals surface area contributed by atoms with Gasteiger partial charge in [-0.3, -0.25) is 14.0 Å². The van der Waals surface area contributed by atoms with Gasteiger partial charge in [-0.2, -0.15) is 5.10 Å². The Kier molecular flexibility index (Phi) is 4.97. The van der Waals surface area contributed by atoms with Crippen LogP contribution in [0, 0.1) is 13.8 Å². The number of carbonyl (C=O) groups excluding carboxylic acids is 1. The first-order valence-electron chi connectivity index (χ1n) is 9.44. The lowest BCUT2D eigenvalue weighted by molar-refractivity contribution is -0.115. The number of para-hydroxylation sites is 1. The quantitative estimate of drug-likeness (QED) is 0.644. The standard InChI is InChI=1S/C20H24N6OS/c1-12-17(13(2)25(4)24-12)21-19(27)14(3)28-20-23-22-18(15-10-11-15)26(20)16-8-6-5-7-9-16/h5-9,14-15H,10-11H2,1-4H3,(H,21,27). The van der Waals surface area contributed by atoms with Crippen LogP contribution in [0.15, 0.2) is 35.5 Å². The number of aryl methyl sites for hydroxylation is 2. The number of aromatic nitrogens is 5. The fourth-order valence-electron chi connectivity index (χ4n) is 3.17. The predicted molar refractivity (Wildman–Crippen MR) is 110 cm³/mol. The number of hydrogen-bond donors (Lipinski definition) is 1. The van der Waals surface area contributed by atoms with E-state index in [1.807, 2.05) is 58.2 Å². The van der Waals surface area contributed by atoms with Crippen molar-refractivity contribution in [1.29, 1.82) is 0 Å². The van der Waals surface area contributed by atoms with Gasteiger partial charge in [-0.15, -0.1) is 10.2 Å². The van der Waals surface area contributed by atoms with Gasteiger partial charge in [0.1, 0.15) is 5.82 Å². The number of amides is 1. The van der Waals surface area contributed by atoms with Crippen molar-refractivity contribution in [1.82, 2.24) is 24.5 Å². The molecule has 7 nitrogen and oxygen atoms in total. The maximum atomic E-state index is 12.8. The monoisotopic (exact) mass is 396 g/mol. The SMILES string of the molecule is Cc1nn(C)c(C)c1NC(=O)C(C)Sc1nnc(C2CC2)n1-c1ccccc1. The van der Waals surface area contributed by atoms with E-state index >= 15 is 0 Å². The summed E-state index contributed by atoms with van der Waals surface area (Å²) in [5.74, 6) is 1.38. The van der Waals surface area contributed by atoms with E-state index in [-0.39, 0.29) is 11.2 Å². The van der Waals surface area contributed by atoms with Crippen molar-refractivity contribution in [3.63, 3.8) is 0 Å². The molecule has 1 amide bonds. The molecule has 2 heterocycles. The average molecular weight is 397 g/mol. The van der Waals surface area contributed by atoms with Crippen molar-refractivity contribution < 1.29 is 4.79 Å². The molecule has 146 valence electrons. The molecule has 1 aromatic carbocycles.